The summed E-state index contributed by atoms with van der Waals surface area (Å²) in [5, 5.41) is 4.40. The first-order valence-corrected chi connectivity index (χ1v) is 8.82. The smallest absolute Gasteiger partial charge is 0.124 e. The van der Waals surface area contributed by atoms with E-state index in [-0.39, 0.29) is 0 Å². The maximum atomic E-state index is 6.40. The highest BCUT2D eigenvalue weighted by atomic mass is 35.5. The van der Waals surface area contributed by atoms with Gasteiger partial charge >= 0.3 is 0 Å². The number of hydrogen-bond acceptors (Lipinski definition) is 0. The molecule has 1 rings (SSSR count). The number of halogens is 1. The minimum atomic E-state index is -0.523. The second kappa shape index (κ2) is 7.34. The Morgan fingerprint density at radius 3 is 2.27 bits per heavy atom. The fraction of sp³-hybridized carbons (Fsp3) is 0.538. The Hall–Kier alpha value is 0.0425. The van der Waals surface area contributed by atoms with E-state index in [1.54, 1.807) is 0 Å². The van der Waals surface area contributed by atoms with Crippen LogP contribution >= 0.6 is 11.6 Å². The van der Waals surface area contributed by atoms with Crippen molar-refractivity contribution < 1.29 is 0 Å². The van der Waals surface area contributed by atoms with Gasteiger partial charge in [0.2, 0.25) is 0 Å². The molecular formula is C13H20AlCl. The van der Waals surface area contributed by atoms with Gasteiger partial charge in [0.05, 0.1) is 0 Å². The van der Waals surface area contributed by atoms with Crippen LogP contribution in [0.5, 0.6) is 0 Å². The van der Waals surface area contributed by atoms with Crippen molar-refractivity contribution >= 4 is 25.7 Å². The van der Waals surface area contributed by atoms with Crippen molar-refractivity contribution in [2.24, 2.45) is 0 Å². The first-order chi connectivity index (χ1) is 7.26. The van der Waals surface area contributed by atoms with E-state index >= 15 is 0 Å². The molecule has 0 radical (unpaired) electrons. The molecule has 0 spiro atoms. The van der Waals surface area contributed by atoms with Crippen molar-refractivity contribution in [3.05, 3.63) is 35.9 Å². The summed E-state index contributed by atoms with van der Waals surface area (Å²) in [6, 6.07) is 10.6. The summed E-state index contributed by atoms with van der Waals surface area (Å²) >= 11 is 5.88. The molecule has 2 heteroatoms. The number of rotatable bonds is 6. The molecule has 0 aliphatic carbocycles. The Kier molecular flexibility index (Phi) is 6.41. The standard InChI is InChI=1S/C9H10Cl.2C2H5.Al/c1-8(10)7-9-5-3-2-4-6-9;2*1-2;/h2-6,8H,1,7H2;2*1H2,2H3;. The number of benzene rings is 1. The molecule has 0 amide bonds. The minimum absolute atomic E-state index is 0.351. The lowest BCUT2D eigenvalue weighted by Gasteiger charge is -2.12. The van der Waals surface area contributed by atoms with Crippen LogP contribution in [0, 0.1) is 0 Å². The van der Waals surface area contributed by atoms with Crippen molar-refractivity contribution in [2.45, 2.75) is 41.5 Å². The van der Waals surface area contributed by atoms with Crippen LogP contribution in [0.3, 0.4) is 0 Å². The van der Waals surface area contributed by atoms with Crippen LogP contribution in [0.4, 0.5) is 0 Å². The quantitative estimate of drug-likeness (QED) is 0.510. The second-order valence-corrected chi connectivity index (χ2v) is 8.66. The monoisotopic (exact) mass is 238 g/mol. The van der Waals surface area contributed by atoms with Gasteiger partial charge in [0.1, 0.15) is 0 Å². The van der Waals surface area contributed by atoms with Gasteiger partial charge in [-0.25, -0.2) is 0 Å². The van der Waals surface area contributed by atoms with Gasteiger partial charge in [0, 0.05) is 5.38 Å². The lowest BCUT2D eigenvalue weighted by Crippen LogP contribution is -2.16. The van der Waals surface area contributed by atoms with E-state index in [0.717, 1.165) is 6.42 Å². The van der Waals surface area contributed by atoms with E-state index in [2.05, 4.69) is 44.2 Å². The average molecular weight is 239 g/mol. The molecule has 82 valence electrons. The average Bonchev–Trinajstić information content (AvgIpc) is 2.27. The van der Waals surface area contributed by atoms with Crippen LogP contribution < -0.4 is 0 Å². The van der Waals surface area contributed by atoms with Gasteiger partial charge in [-0.05, 0) is 12.0 Å². The van der Waals surface area contributed by atoms with Crippen molar-refractivity contribution in [1.29, 1.82) is 0 Å². The molecule has 1 unspecified atom stereocenters. The molecule has 0 aliphatic rings. The molecule has 0 fully saturated rings. The molecule has 0 saturated heterocycles. The van der Waals surface area contributed by atoms with E-state index in [1.807, 2.05) is 0 Å². The Morgan fingerprint density at radius 2 is 1.73 bits per heavy atom. The predicted molar refractivity (Wildman–Crippen MR) is 71.3 cm³/mol. The zero-order chi connectivity index (χ0) is 11.1. The molecule has 15 heavy (non-hydrogen) atoms. The van der Waals surface area contributed by atoms with Crippen molar-refractivity contribution in [3.63, 3.8) is 0 Å². The molecule has 0 aromatic heterocycles. The minimum Gasteiger partial charge on any atom is -0.124 e. The summed E-state index contributed by atoms with van der Waals surface area (Å²) in [4.78, 5) is 0. The topological polar surface area (TPSA) is 0 Å². The third kappa shape index (κ3) is 5.07. The largest absolute Gasteiger partial charge is 0.263 e. The first kappa shape index (κ1) is 13.1. The lowest BCUT2D eigenvalue weighted by atomic mass is 10.1. The zero-order valence-electron chi connectivity index (χ0n) is 9.75. The molecular weight excluding hydrogens is 219 g/mol. The molecule has 1 aromatic rings. The van der Waals surface area contributed by atoms with Crippen molar-refractivity contribution in [1.82, 2.24) is 0 Å². The summed E-state index contributed by atoms with van der Waals surface area (Å²) in [6.45, 7) is 4.62. The molecule has 1 atom stereocenters. The van der Waals surface area contributed by atoms with E-state index < -0.39 is 14.1 Å². The maximum Gasteiger partial charge on any atom is 0.263 e. The molecule has 0 N–H and O–H groups in total. The summed E-state index contributed by atoms with van der Waals surface area (Å²) in [6.07, 6.45) is 1.03. The third-order valence-corrected chi connectivity index (χ3v) is 7.22. The van der Waals surface area contributed by atoms with E-state index in [9.17, 15) is 0 Å². The van der Waals surface area contributed by atoms with Gasteiger partial charge in [-0.1, -0.05) is 60.0 Å². The maximum absolute atomic E-state index is 6.40. The molecule has 1 aromatic carbocycles. The van der Waals surface area contributed by atoms with Gasteiger partial charge < -0.3 is 0 Å². The van der Waals surface area contributed by atoms with Gasteiger partial charge in [-0.3, -0.25) is 0 Å². The van der Waals surface area contributed by atoms with Gasteiger partial charge in [0.15, 0.2) is 0 Å². The fourth-order valence-electron chi connectivity index (χ4n) is 1.94. The van der Waals surface area contributed by atoms with E-state index in [1.165, 1.54) is 21.4 Å². The Balaban J connectivity index is 2.39. The summed E-state index contributed by atoms with van der Waals surface area (Å²) < 4.78 is 0. The molecule has 0 heterocycles. The summed E-state index contributed by atoms with van der Waals surface area (Å²) in [5.74, 6) is 0. The van der Waals surface area contributed by atoms with Crippen LogP contribution in [0.1, 0.15) is 19.4 Å². The fourth-order valence-corrected chi connectivity index (χ4v) is 5.01. The Bertz CT molecular complexity index is 256. The predicted octanol–water partition coefficient (Wildman–Crippen LogP) is 4.37. The molecule has 0 saturated carbocycles. The highest BCUT2D eigenvalue weighted by Gasteiger charge is 2.17. The van der Waals surface area contributed by atoms with Crippen LogP contribution in [0.25, 0.3) is 0 Å². The highest BCUT2D eigenvalue weighted by molar-refractivity contribution is 6.59. The van der Waals surface area contributed by atoms with Crippen LogP contribution in [-0.2, 0) is 6.42 Å². The van der Waals surface area contributed by atoms with Crippen LogP contribution in [-0.4, -0.2) is 19.5 Å². The first-order valence-electron chi connectivity index (χ1n) is 5.94. The molecule has 0 aliphatic heterocycles. The third-order valence-electron chi connectivity index (χ3n) is 3.04. The SMILES string of the molecule is C[CH2][Al]([CH2]C)[CH2]C(Cl)Cc1ccccc1. The Morgan fingerprint density at radius 1 is 1.13 bits per heavy atom. The van der Waals surface area contributed by atoms with E-state index in [0.29, 0.717) is 5.38 Å². The second-order valence-electron chi connectivity index (χ2n) is 4.21. The molecule has 0 nitrogen and oxygen atoms in total. The van der Waals surface area contributed by atoms with Crippen molar-refractivity contribution in [3.8, 4) is 0 Å². The number of alkyl halides is 1. The summed E-state index contributed by atoms with van der Waals surface area (Å²) in [7, 11) is 0. The zero-order valence-corrected chi connectivity index (χ0v) is 11.7. The van der Waals surface area contributed by atoms with E-state index in [4.69, 9.17) is 11.6 Å². The van der Waals surface area contributed by atoms with Crippen LogP contribution in [0.2, 0.25) is 15.8 Å². The van der Waals surface area contributed by atoms with Gasteiger partial charge in [0.25, 0.3) is 14.1 Å². The lowest BCUT2D eigenvalue weighted by molar-refractivity contribution is 0.910. The Labute approximate surface area is 103 Å². The van der Waals surface area contributed by atoms with Gasteiger partial charge in [-0.2, -0.15) is 0 Å². The van der Waals surface area contributed by atoms with Crippen molar-refractivity contribution in [2.75, 3.05) is 0 Å². The summed E-state index contributed by atoms with van der Waals surface area (Å²) in [5.41, 5.74) is 1.37. The van der Waals surface area contributed by atoms with Crippen LogP contribution in [0.15, 0.2) is 30.3 Å². The highest BCUT2D eigenvalue weighted by Crippen LogP contribution is 2.17. The molecule has 0 bridgehead atoms. The normalized spacial score (nSPS) is 12.5. The number of hydrogen-bond donors (Lipinski definition) is 0. The van der Waals surface area contributed by atoms with Gasteiger partial charge in [-0.15, -0.1) is 11.6 Å².